The molecule has 0 aromatic heterocycles. The van der Waals surface area contributed by atoms with Gasteiger partial charge in [-0.25, -0.2) is 4.79 Å². The number of carbonyl (C=O) groups is 12. The second-order valence-electron chi connectivity index (χ2n) is 38.2. The van der Waals surface area contributed by atoms with Crippen LogP contribution in [0.25, 0.3) is 0 Å². The molecule has 0 saturated carbocycles. The van der Waals surface area contributed by atoms with E-state index in [0.717, 1.165) is 36.8 Å². The Balaban J connectivity index is 0.000000813. The number of carboxylic acid groups (broad SMARTS) is 1. The molecule has 2 aliphatic heterocycles. The van der Waals surface area contributed by atoms with E-state index in [1.165, 1.54) is 7.11 Å². The van der Waals surface area contributed by atoms with Crippen molar-refractivity contribution in [3.8, 4) is 24.7 Å². The zero-order valence-corrected chi connectivity index (χ0v) is 87.2. The molecular formula is C105H173N9O23. The van der Waals surface area contributed by atoms with Crippen molar-refractivity contribution in [3.63, 3.8) is 0 Å². The van der Waals surface area contributed by atoms with Gasteiger partial charge in [-0.2, -0.15) is 0 Å². The van der Waals surface area contributed by atoms with Gasteiger partial charge in [-0.3, -0.25) is 62.5 Å². The summed E-state index contributed by atoms with van der Waals surface area (Å²) in [5.41, 5.74) is 7.00. The predicted molar refractivity (Wildman–Crippen MR) is 529 cm³/mol. The van der Waals surface area contributed by atoms with Crippen molar-refractivity contribution in [1.82, 2.24) is 40.0 Å². The van der Waals surface area contributed by atoms with Crippen LogP contribution in [0.2, 0.25) is 0 Å². The summed E-state index contributed by atoms with van der Waals surface area (Å²) in [5, 5.41) is 15.4. The molecule has 2 aliphatic rings. The van der Waals surface area contributed by atoms with Gasteiger partial charge in [-0.1, -0.05) is 182 Å². The Bertz CT molecular complexity index is 3940. The topological polar surface area (TPSA) is 387 Å². The van der Waals surface area contributed by atoms with Gasteiger partial charge in [0.25, 0.3) is 0 Å². The average Bonchev–Trinajstić information content (AvgIpc) is 1.77. The molecule has 6 amide bonds. The first kappa shape index (κ1) is 124. The second-order valence-corrected chi connectivity index (χ2v) is 38.2. The zero-order valence-electron chi connectivity index (χ0n) is 87.2. The third kappa shape index (κ3) is 43.6. The van der Waals surface area contributed by atoms with Gasteiger partial charge in [0.15, 0.2) is 24.8 Å². The van der Waals surface area contributed by atoms with Crippen LogP contribution in [-0.2, 0) is 113 Å². The molecular weight excluding hydrogens is 1760 g/mol. The minimum Gasteiger partial charge on any atom is -0.481 e. The molecule has 137 heavy (non-hydrogen) atoms. The normalized spacial score (nSPS) is 17.3. The number of nitrogens with zero attached hydrogens (tertiary/aromatic N) is 6. The second kappa shape index (κ2) is 68.5. The number of carbonyl (C=O) groups excluding carboxylic acids is 11. The summed E-state index contributed by atoms with van der Waals surface area (Å²) in [4.78, 5) is 171. The fourth-order valence-electron chi connectivity index (χ4n) is 18.8. The van der Waals surface area contributed by atoms with Crippen molar-refractivity contribution in [2.24, 2.45) is 76.7 Å². The van der Waals surface area contributed by atoms with E-state index in [9.17, 15) is 62.6 Å². The summed E-state index contributed by atoms with van der Waals surface area (Å²) in [6.45, 7) is 32.9. The lowest BCUT2D eigenvalue weighted by atomic mass is 9.83. The zero-order chi connectivity index (χ0) is 103. The lowest BCUT2D eigenvalue weighted by molar-refractivity contribution is -0.149. The molecule has 0 radical (unpaired) electrons. The van der Waals surface area contributed by atoms with E-state index >= 15 is 0 Å². The Morgan fingerprint density at radius 2 is 0.854 bits per heavy atom. The SMILES string of the molecule is C#CCOC(=O)CCCOCCOCCNC(=O)[C@@H](CC(=O)[C@H](C)[C@@H](OC)[C@@H]1CCCN1C(=O)CC(OC)[C@H](C(C)CC)N(C)C(=O)[C@@H](CC(=O)[C@H](C(C)C)N(C)C)C(C)C)Cc1ccccc1.C#CCOC(=O)NCCOCCOCCN.CCC(C)[C@@H](C(CC(=O)N1CCC[C@H]1[C@H](OC)[C@@H](C)C(=O)C[C@@H](Cc1ccccc1)C(=O)O)OC)N(C)C(=O)[C@@H](CC(=O)[C@H](C(C)C)N(C)C)C(C)C. The Kier molecular flexibility index (Phi) is 62.2. The number of alkyl carbamates (subject to hydrolysis) is 1. The van der Waals surface area contributed by atoms with E-state index in [1.807, 2.05) is 168 Å². The number of likely N-dealkylation sites (N-methyl/N-ethyl adjacent to an activating group) is 4. The molecule has 18 atom stereocenters. The summed E-state index contributed by atoms with van der Waals surface area (Å²) in [5.74, 6) is -1.91. The van der Waals surface area contributed by atoms with Crippen LogP contribution in [0.1, 0.15) is 198 Å². The maximum atomic E-state index is 14.4. The number of ether oxygens (including phenoxy) is 10. The molecule has 2 heterocycles. The Hall–Kier alpha value is -8.64. The fraction of sp³-hybridized carbons (Fsp3) is 0.733. The highest BCUT2D eigenvalue weighted by atomic mass is 16.6. The number of benzene rings is 2. The van der Waals surface area contributed by atoms with E-state index in [4.69, 9.17) is 61.2 Å². The Morgan fingerprint density at radius 1 is 0.474 bits per heavy atom. The van der Waals surface area contributed by atoms with Gasteiger partial charge >= 0.3 is 18.0 Å². The molecule has 5 N–H and O–H groups in total. The number of amides is 6. The number of Topliss-reactive ketones (excluding diaryl/α,β-unsaturated/α-hetero) is 4. The standard InChI is InChI=1S/C53H86N4O11.C42H69N3O8.C10H18N2O4/c1-14-27-68-48(61)24-20-28-66-30-31-67-29-25-54-52(62)41(32-40-21-17-16-18-22-40)33-44(58)39(8)51(65-13)43-23-19-26-57(43)47(60)35-46(64-12)50(38(7)15-2)56(11)53(63)42(36(3)4)34-45(59)49(37(5)6)55(9)10;1-13-28(6)39(44(10)41(49)32(26(2)3)24-35(47)38(27(4)5)43(8)9)36(52-11)25-37(48)45-21-17-20-33(45)40(53-12)29(7)34(46)23-31(42(50)51)22-30-18-15-14-16-19-30;1-2-5-16-10(13)12-4-7-15-9-8-14-6-3-11/h1,16-18,21-22,36-39,41-43,46,49-51H,15,19-20,23-35H2,2-13H3,(H,54,62);14-16,18-19,26-29,31-33,36,38-40H,13,17,20-25H2,1-12H3,(H,50,51);1H,3-9,11H2,(H,12,13)/t38?,39-,41+,42-,43-,46?,49-,50-,51+;28?,29-,31+,32-,33-,36?,38-,39-,40+;/m00./s1. The number of terminal acetylenes is 2. The van der Waals surface area contributed by atoms with Gasteiger partial charge in [0.1, 0.15) is 11.6 Å². The highest BCUT2D eigenvalue weighted by Crippen LogP contribution is 2.36. The molecule has 32 nitrogen and oxygen atoms in total. The number of aliphatic carboxylic acids is 1. The van der Waals surface area contributed by atoms with Crippen LogP contribution in [-0.4, -0.2) is 335 Å². The number of nitrogens with one attached hydrogen (secondary N) is 2. The smallest absolute Gasteiger partial charge is 0.408 e. The highest BCUT2D eigenvalue weighted by molar-refractivity contribution is 5.92. The molecule has 2 saturated heterocycles. The van der Waals surface area contributed by atoms with Crippen LogP contribution in [0.15, 0.2) is 60.7 Å². The maximum absolute atomic E-state index is 14.4. The summed E-state index contributed by atoms with van der Waals surface area (Å²) >= 11 is 0. The minimum absolute atomic E-state index is 0.00721. The predicted octanol–water partition coefficient (Wildman–Crippen LogP) is 10.6. The number of nitrogens with two attached hydrogens (primary N) is 1. The number of rotatable bonds is 66. The summed E-state index contributed by atoms with van der Waals surface area (Å²) in [6.07, 6.45) is 12.7. The van der Waals surface area contributed by atoms with E-state index in [2.05, 4.69) is 48.0 Å². The first-order valence-electron chi connectivity index (χ1n) is 49.3. The van der Waals surface area contributed by atoms with Crippen LogP contribution in [0, 0.1) is 95.7 Å². The van der Waals surface area contributed by atoms with Gasteiger partial charge in [0, 0.05) is 144 Å². The third-order valence-electron chi connectivity index (χ3n) is 26.4. The highest BCUT2D eigenvalue weighted by Gasteiger charge is 2.47. The number of likely N-dealkylation sites (tertiary alicyclic amines) is 2. The molecule has 0 spiro atoms. The van der Waals surface area contributed by atoms with Gasteiger partial charge in [0.05, 0.1) is 126 Å². The number of carboxylic acids is 1. The summed E-state index contributed by atoms with van der Waals surface area (Å²) in [7, 11) is 17.3. The van der Waals surface area contributed by atoms with Crippen LogP contribution in [0.5, 0.6) is 0 Å². The van der Waals surface area contributed by atoms with Crippen molar-refractivity contribution in [2.75, 3.05) is 170 Å². The molecule has 776 valence electrons. The molecule has 0 aliphatic carbocycles. The maximum Gasteiger partial charge on any atom is 0.408 e. The quantitative estimate of drug-likeness (QED) is 0.0271. The Labute approximate surface area is 819 Å². The van der Waals surface area contributed by atoms with Gasteiger partial charge in [-0.05, 0) is 120 Å². The molecule has 32 heteroatoms. The van der Waals surface area contributed by atoms with Crippen LogP contribution in [0.3, 0.4) is 0 Å². The lowest BCUT2D eigenvalue weighted by Crippen LogP contribution is -2.54. The molecule has 2 aromatic carbocycles. The summed E-state index contributed by atoms with van der Waals surface area (Å²) in [6, 6.07) is 16.6. The number of esters is 1. The van der Waals surface area contributed by atoms with Crippen molar-refractivity contribution in [2.45, 2.75) is 260 Å². The molecule has 4 unspecified atom stereocenters. The van der Waals surface area contributed by atoms with Crippen LogP contribution >= 0.6 is 0 Å². The van der Waals surface area contributed by atoms with Gasteiger partial charge in [0.2, 0.25) is 29.5 Å². The first-order valence-corrected chi connectivity index (χ1v) is 49.3. The molecule has 4 rings (SSSR count). The van der Waals surface area contributed by atoms with E-state index in [0.29, 0.717) is 98.1 Å². The number of hydrogen-bond donors (Lipinski definition) is 4. The van der Waals surface area contributed by atoms with E-state index in [1.54, 1.807) is 61.9 Å². The average molecular weight is 1930 g/mol. The van der Waals surface area contributed by atoms with Gasteiger partial charge < -0.3 is 88.4 Å². The van der Waals surface area contributed by atoms with Crippen LogP contribution in [0.4, 0.5) is 4.79 Å². The number of methoxy groups -OCH3 is 4. The van der Waals surface area contributed by atoms with Crippen molar-refractivity contribution < 1.29 is 110 Å². The van der Waals surface area contributed by atoms with E-state index in [-0.39, 0.29) is 196 Å². The fourth-order valence-corrected chi connectivity index (χ4v) is 18.8. The van der Waals surface area contributed by atoms with Gasteiger partial charge in [-0.15, -0.1) is 12.8 Å². The molecule has 0 bridgehead atoms. The van der Waals surface area contributed by atoms with E-state index < -0.39 is 84.1 Å². The van der Waals surface area contributed by atoms with Crippen molar-refractivity contribution in [3.05, 3.63) is 71.8 Å². The lowest BCUT2D eigenvalue weighted by Gasteiger charge is -2.41. The number of ketones is 4. The third-order valence-corrected chi connectivity index (χ3v) is 26.4. The Morgan fingerprint density at radius 3 is 1.21 bits per heavy atom. The first-order chi connectivity index (χ1) is 65.1. The van der Waals surface area contributed by atoms with Crippen LogP contribution < -0.4 is 16.4 Å². The molecule has 2 fully saturated rings. The largest absolute Gasteiger partial charge is 0.481 e. The summed E-state index contributed by atoms with van der Waals surface area (Å²) < 4.78 is 54.9. The minimum atomic E-state index is -1.02. The molecule has 2 aromatic rings. The van der Waals surface area contributed by atoms with Crippen molar-refractivity contribution in [1.29, 1.82) is 0 Å². The number of hydrogen-bond acceptors (Lipinski definition) is 25. The monoisotopic (exact) mass is 1930 g/mol. The van der Waals surface area contributed by atoms with Crippen molar-refractivity contribution >= 4 is 70.7 Å².